The molecule has 2 rings (SSSR count). The number of rotatable bonds is 8. The summed E-state index contributed by atoms with van der Waals surface area (Å²) in [6.07, 6.45) is 3.28. The molecule has 0 fully saturated rings. The van der Waals surface area contributed by atoms with E-state index in [1.165, 1.54) is 23.1 Å². The maximum atomic E-state index is 12.0. The van der Waals surface area contributed by atoms with E-state index in [1.54, 1.807) is 0 Å². The molecule has 1 unspecified atom stereocenters. The van der Waals surface area contributed by atoms with Gasteiger partial charge in [-0.15, -0.1) is 21.5 Å². The zero-order chi connectivity index (χ0) is 16.8. The third-order valence-electron chi connectivity index (χ3n) is 3.23. The number of nitrogens with zero attached hydrogens (tertiary/aromatic N) is 3. The molecule has 0 aromatic carbocycles. The Kier molecular flexibility index (Phi) is 6.59. The highest BCUT2D eigenvalue weighted by Gasteiger charge is 2.20. The van der Waals surface area contributed by atoms with Gasteiger partial charge in [0.2, 0.25) is 5.91 Å². The Morgan fingerprint density at radius 1 is 1.35 bits per heavy atom. The number of hydrogen-bond donors (Lipinski definition) is 1. The van der Waals surface area contributed by atoms with Crippen molar-refractivity contribution in [2.24, 2.45) is 0 Å². The van der Waals surface area contributed by atoms with Gasteiger partial charge in [0.05, 0.1) is 16.0 Å². The van der Waals surface area contributed by atoms with Crippen molar-refractivity contribution in [3.8, 4) is 10.8 Å². The summed E-state index contributed by atoms with van der Waals surface area (Å²) in [7, 11) is 0. The van der Waals surface area contributed by atoms with Crippen molar-refractivity contribution in [2.75, 3.05) is 6.54 Å². The van der Waals surface area contributed by atoms with E-state index < -0.39 is 0 Å². The van der Waals surface area contributed by atoms with Crippen molar-refractivity contribution in [1.82, 2.24) is 20.5 Å². The maximum Gasteiger partial charge on any atom is 0.277 e. The summed E-state index contributed by atoms with van der Waals surface area (Å²) in [4.78, 5) is 17.3. The third kappa shape index (κ3) is 5.04. The summed E-state index contributed by atoms with van der Waals surface area (Å²) in [6.45, 7) is 8.55. The zero-order valence-corrected chi connectivity index (χ0v) is 15.5. The third-order valence-corrected chi connectivity index (χ3v) is 5.23. The predicted octanol–water partition coefficient (Wildman–Crippen LogP) is 3.60. The standard InChI is InChI=1S/C15H22N4O2S2/c1-5-6-7-8-16-13(20)10(3)22-15-19-18-14(21-15)12-9(2)17-11(4)23-12/h10H,5-8H2,1-4H3,(H,16,20). The number of carbonyl (C=O) groups excluding carboxylic acids is 1. The highest BCUT2D eigenvalue weighted by atomic mass is 32.2. The van der Waals surface area contributed by atoms with Crippen LogP contribution in [0.5, 0.6) is 0 Å². The van der Waals surface area contributed by atoms with Gasteiger partial charge in [0.25, 0.3) is 11.1 Å². The molecule has 0 spiro atoms. The molecular weight excluding hydrogens is 332 g/mol. The number of aromatic nitrogens is 3. The molecule has 2 aromatic heterocycles. The van der Waals surface area contributed by atoms with Crippen molar-refractivity contribution in [3.63, 3.8) is 0 Å². The van der Waals surface area contributed by atoms with E-state index in [1.807, 2.05) is 20.8 Å². The van der Waals surface area contributed by atoms with Gasteiger partial charge in [-0.2, -0.15) is 0 Å². The molecule has 0 saturated heterocycles. The van der Waals surface area contributed by atoms with Crippen LogP contribution >= 0.6 is 23.1 Å². The Morgan fingerprint density at radius 3 is 2.78 bits per heavy atom. The van der Waals surface area contributed by atoms with Crippen molar-refractivity contribution in [2.45, 2.75) is 57.4 Å². The topological polar surface area (TPSA) is 80.9 Å². The molecule has 8 heteroatoms. The molecule has 2 heterocycles. The quantitative estimate of drug-likeness (QED) is 0.576. The Labute approximate surface area is 144 Å². The van der Waals surface area contributed by atoms with E-state index >= 15 is 0 Å². The van der Waals surface area contributed by atoms with E-state index in [0.29, 0.717) is 17.7 Å². The van der Waals surface area contributed by atoms with Gasteiger partial charge in [-0.3, -0.25) is 4.79 Å². The number of nitrogens with one attached hydrogen (secondary N) is 1. The summed E-state index contributed by atoms with van der Waals surface area (Å²) < 4.78 is 5.66. The molecule has 0 aliphatic rings. The molecule has 6 nitrogen and oxygen atoms in total. The van der Waals surface area contributed by atoms with Gasteiger partial charge < -0.3 is 9.73 Å². The molecule has 0 aliphatic heterocycles. The monoisotopic (exact) mass is 354 g/mol. The normalized spacial score (nSPS) is 12.3. The number of amides is 1. The fourth-order valence-electron chi connectivity index (χ4n) is 2.01. The van der Waals surface area contributed by atoms with E-state index in [9.17, 15) is 4.79 Å². The van der Waals surface area contributed by atoms with Crippen LogP contribution in [0.2, 0.25) is 0 Å². The fourth-order valence-corrected chi connectivity index (χ4v) is 3.56. The van der Waals surface area contributed by atoms with Crippen molar-refractivity contribution in [1.29, 1.82) is 0 Å². The second-order valence-corrected chi connectivity index (χ2v) is 7.77. The first kappa shape index (κ1) is 17.9. The minimum absolute atomic E-state index is 0.00401. The van der Waals surface area contributed by atoms with Crippen LogP contribution in [-0.2, 0) is 4.79 Å². The molecule has 2 aromatic rings. The van der Waals surface area contributed by atoms with Crippen LogP contribution in [0.15, 0.2) is 9.64 Å². The molecule has 0 radical (unpaired) electrons. The van der Waals surface area contributed by atoms with E-state index in [4.69, 9.17) is 4.42 Å². The molecule has 23 heavy (non-hydrogen) atoms. The van der Waals surface area contributed by atoms with Gasteiger partial charge in [0.1, 0.15) is 4.88 Å². The van der Waals surface area contributed by atoms with E-state index in [0.717, 1.165) is 34.8 Å². The smallest absolute Gasteiger partial charge is 0.277 e. The maximum absolute atomic E-state index is 12.0. The van der Waals surface area contributed by atoms with Crippen LogP contribution in [0.25, 0.3) is 10.8 Å². The average molecular weight is 355 g/mol. The van der Waals surface area contributed by atoms with Crippen LogP contribution in [-0.4, -0.2) is 32.9 Å². The first-order valence-electron chi connectivity index (χ1n) is 7.73. The van der Waals surface area contributed by atoms with Gasteiger partial charge >= 0.3 is 0 Å². The molecule has 1 atom stereocenters. The Bertz CT molecular complexity index is 654. The van der Waals surface area contributed by atoms with Gasteiger partial charge in [0, 0.05) is 6.54 Å². The lowest BCUT2D eigenvalue weighted by Crippen LogP contribution is -2.31. The van der Waals surface area contributed by atoms with Crippen LogP contribution < -0.4 is 5.32 Å². The van der Waals surface area contributed by atoms with Crippen molar-refractivity contribution < 1.29 is 9.21 Å². The molecule has 1 N–H and O–H groups in total. The number of thiazole rings is 1. The first-order chi connectivity index (χ1) is 11.0. The second-order valence-electron chi connectivity index (χ2n) is 5.28. The zero-order valence-electron chi connectivity index (χ0n) is 13.9. The van der Waals surface area contributed by atoms with Crippen LogP contribution in [0.3, 0.4) is 0 Å². The number of unbranched alkanes of at least 4 members (excludes halogenated alkanes) is 2. The Balaban J connectivity index is 1.91. The number of aryl methyl sites for hydroxylation is 2. The summed E-state index contributed by atoms with van der Waals surface area (Å²) in [5, 5.41) is 12.1. The number of carbonyl (C=O) groups is 1. The minimum Gasteiger partial charge on any atom is -0.410 e. The van der Waals surface area contributed by atoms with Crippen molar-refractivity contribution in [3.05, 3.63) is 10.7 Å². The molecular formula is C15H22N4O2S2. The largest absolute Gasteiger partial charge is 0.410 e. The van der Waals surface area contributed by atoms with Gasteiger partial charge in [-0.05, 0) is 27.2 Å². The first-order valence-corrected chi connectivity index (χ1v) is 9.43. The average Bonchev–Trinajstić information content (AvgIpc) is 3.09. The summed E-state index contributed by atoms with van der Waals surface area (Å²) >= 11 is 2.80. The van der Waals surface area contributed by atoms with Crippen LogP contribution in [0.1, 0.15) is 43.8 Å². The lowest BCUT2D eigenvalue weighted by molar-refractivity contribution is -0.120. The van der Waals surface area contributed by atoms with Crippen LogP contribution in [0, 0.1) is 13.8 Å². The molecule has 0 bridgehead atoms. The van der Waals surface area contributed by atoms with E-state index in [-0.39, 0.29) is 11.2 Å². The summed E-state index contributed by atoms with van der Waals surface area (Å²) in [5.74, 6) is 0.460. The number of thioether (sulfide) groups is 1. The van der Waals surface area contributed by atoms with Crippen LogP contribution in [0.4, 0.5) is 0 Å². The molecule has 0 saturated carbocycles. The highest BCUT2D eigenvalue weighted by molar-refractivity contribution is 8.00. The van der Waals surface area contributed by atoms with E-state index in [2.05, 4.69) is 27.4 Å². The Hall–Kier alpha value is -1.41. The molecule has 0 aliphatic carbocycles. The summed E-state index contributed by atoms with van der Waals surface area (Å²) in [5.41, 5.74) is 0.884. The molecule has 1 amide bonds. The number of hydrogen-bond acceptors (Lipinski definition) is 7. The SMILES string of the molecule is CCCCCNC(=O)C(C)Sc1nnc(-c2sc(C)nc2C)o1. The summed E-state index contributed by atoms with van der Waals surface area (Å²) in [6, 6.07) is 0. The Morgan fingerprint density at radius 2 is 2.13 bits per heavy atom. The highest BCUT2D eigenvalue weighted by Crippen LogP contribution is 2.31. The van der Waals surface area contributed by atoms with Gasteiger partial charge in [0.15, 0.2) is 0 Å². The predicted molar refractivity (Wildman–Crippen MR) is 92.7 cm³/mol. The fraction of sp³-hybridized carbons (Fsp3) is 0.600. The molecule has 126 valence electrons. The van der Waals surface area contributed by atoms with Gasteiger partial charge in [-0.25, -0.2) is 4.98 Å². The lowest BCUT2D eigenvalue weighted by atomic mass is 10.2. The minimum atomic E-state index is -0.269. The van der Waals surface area contributed by atoms with Crippen molar-refractivity contribution >= 4 is 29.0 Å². The van der Waals surface area contributed by atoms with Gasteiger partial charge in [-0.1, -0.05) is 31.5 Å². The second kappa shape index (κ2) is 8.44. The lowest BCUT2D eigenvalue weighted by Gasteiger charge is -2.09.